The van der Waals surface area contributed by atoms with Gasteiger partial charge < -0.3 is 4.74 Å². The maximum atomic E-state index is 13.1. The molecule has 8 heteroatoms. The standard InChI is InChI=1S/C26H20BrIN2O4/c1-15-4-3-5-18(10-15)14-34-23-9-6-17(13-22(23)28)12-20-24(31)29-26(33)30(25(20)32)19-7-8-21(27)16(2)11-19/h3-13H,14H2,1-2H3,(H,29,31,33)/b20-12+. The molecule has 1 saturated heterocycles. The molecule has 3 aromatic carbocycles. The van der Waals surface area contributed by atoms with Crippen LogP contribution in [0.2, 0.25) is 0 Å². The van der Waals surface area contributed by atoms with Crippen LogP contribution >= 0.6 is 38.5 Å². The van der Waals surface area contributed by atoms with Gasteiger partial charge in [-0.05, 0) is 89.5 Å². The zero-order valence-corrected chi connectivity index (χ0v) is 22.1. The van der Waals surface area contributed by atoms with Crippen molar-refractivity contribution in [2.75, 3.05) is 4.90 Å². The molecule has 4 rings (SSSR count). The Kier molecular flexibility index (Phi) is 7.18. The topological polar surface area (TPSA) is 75.7 Å². The Hall–Kier alpha value is -2.98. The van der Waals surface area contributed by atoms with E-state index in [4.69, 9.17) is 4.74 Å². The number of carbonyl (C=O) groups is 3. The van der Waals surface area contributed by atoms with E-state index in [1.807, 2.05) is 38.1 Å². The van der Waals surface area contributed by atoms with E-state index in [0.29, 0.717) is 23.6 Å². The summed E-state index contributed by atoms with van der Waals surface area (Å²) in [5.41, 5.74) is 4.00. The summed E-state index contributed by atoms with van der Waals surface area (Å²) in [6.45, 7) is 4.32. The first-order chi connectivity index (χ1) is 16.2. The summed E-state index contributed by atoms with van der Waals surface area (Å²) < 4.78 is 7.63. The molecule has 1 aliphatic rings. The molecule has 0 aliphatic carbocycles. The number of urea groups is 1. The molecule has 0 spiro atoms. The van der Waals surface area contributed by atoms with E-state index in [1.54, 1.807) is 30.3 Å². The van der Waals surface area contributed by atoms with E-state index in [-0.39, 0.29) is 5.57 Å². The summed E-state index contributed by atoms with van der Waals surface area (Å²) in [7, 11) is 0. The highest BCUT2D eigenvalue weighted by Crippen LogP contribution is 2.28. The molecule has 0 unspecified atom stereocenters. The fraction of sp³-hybridized carbons (Fsp3) is 0.115. The Morgan fingerprint density at radius 2 is 1.82 bits per heavy atom. The van der Waals surface area contributed by atoms with Crippen LogP contribution in [-0.4, -0.2) is 17.8 Å². The molecule has 0 atom stereocenters. The molecule has 6 nitrogen and oxygen atoms in total. The molecular formula is C26H20BrIN2O4. The predicted octanol–water partition coefficient (Wildman–Crippen LogP) is 5.92. The highest BCUT2D eigenvalue weighted by molar-refractivity contribution is 14.1. The lowest BCUT2D eigenvalue weighted by Crippen LogP contribution is -2.54. The molecule has 0 bridgehead atoms. The van der Waals surface area contributed by atoms with Crippen molar-refractivity contribution in [2.24, 2.45) is 0 Å². The van der Waals surface area contributed by atoms with E-state index in [1.165, 1.54) is 11.6 Å². The average molecular weight is 631 g/mol. The summed E-state index contributed by atoms with van der Waals surface area (Å²) in [5, 5.41) is 2.25. The summed E-state index contributed by atoms with van der Waals surface area (Å²) in [6, 6.07) is 17.8. The van der Waals surface area contributed by atoms with E-state index in [2.05, 4.69) is 49.9 Å². The fourth-order valence-electron chi connectivity index (χ4n) is 3.51. The van der Waals surface area contributed by atoms with Gasteiger partial charge in [0, 0.05) is 4.47 Å². The smallest absolute Gasteiger partial charge is 0.335 e. The minimum atomic E-state index is -0.775. The second-order valence-corrected chi connectivity index (χ2v) is 9.88. The number of hydrogen-bond acceptors (Lipinski definition) is 4. The normalized spacial score (nSPS) is 15.0. The zero-order valence-electron chi connectivity index (χ0n) is 18.4. The van der Waals surface area contributed by atoms with Crippen LogP contribution in [0.25, 0.3) is 6.08 Å². The SMILES string of the molecule is Cc1cccc(COc2ccc(/C=C3\C(=O)NC(=O)N(c4ccc(Br)c(C)c4)C3=O)cc2I)c1. The Morgan fingerprint density at radius 3 is 2.53 bits per heavy atom. The van der Waals surface area contributed by atoms with Crippen LogP contribution < -0.4 is 15.0 Å². The summed E-state index contributed by atoms with van der Waals surface area (Å²) in [5.74, 6) is -0.703. The van der Waals surface area contributed by atoms with Crippen molar-refractivity contribution in [3.05, 3.63) is 96.5 Å². The second-order valence-electron chi connectivity index (χ2n) is 7.86. The van der Waals surface area contributed by atoms with Gasteiger partial charge in [-0.25, -0.2) is 9.69 Å². The van der Waals surface area contributed by atoms with Crippen LogP contribution in [0.5, 0.6) is 5.75 Å². The first-order valence-corrected chi connectivity index (χ1v) is 12.3. The first-order valence-electron chi connectivity index (χ1n) is 10.4. The number of ether oxygens (including phenoxy) is 1. The third-order valence-corrected chi connectivity index (χ3v) is 6.98. The van der Waals surface area contributed by atoms with Gasteiger partial charge in [0.1, 0.15) is 17.9 Å². The van der Waals surface area contributed by atoms with Crippen LogP contribution in [0, 0.1) is 17.4 Å². The van der Waals surface area contributed by atoms with Crippen molar-refractivity contribution < 1.29 is 19.1 Å². The number of anilines is 1. The van der Waals surface area contributed by atoms with Crippen LogP contribution in [0.4, 0.5) is 10.5 Å². The molecule has 1 N–H and O–H groups in total. The molecule has 1 fully saturated rings. The van der Waals surface area contributed by atoms with Crippen molar-refractivity contribution in [1.29, 1.82) is 0 Å². The molecule has 3 aromatic rings. The van der Waals surface area contributed by atoms with Gasteiger partial charge in [-0.3, -0.25) is 14.9 Å². The Morgan fingerprint density at radius 1 is 1.03 bits per heavy atom. The van der Waals surface area contributed by atoms with Gasteiger partial charge in [0.05, 0.1) is 9.26 Å². The number of imide groups is 2. The lowest BCUT2D eigenvalue weighted by molar-refractivity contribution is -0.122. The molecule has 1 aliphatic heterocycles. The van der Waals surface area contributed by atoms with E-state index in [9.17, 15) is 14.4 Å². The monoisotopic (exact) mass is 630 g/mol. The zero-order chi connectivity index (χ0) is 24.4. The molecular weight excluding hydrogens is 611 g/mol. The number of aryl methyl sites for hydroxylation is 2. The van der Waals surface area contributed by atoms with Crippen molar-refractivity contribution in [3.63, 3.8) is 0 Å². The third kappa shape index (κ3) is 5.23. The number of halogens is 2. The maximum absolute atomic E-state index is 13.1. The average Bonchev–Trinajstić information content (AvgIpc) is 2.78. The Labute approximate surface area is 219 Å². The quantitative estimate of drug-likeness (QED) is 0.216. The number of rotatable bonds is 5. The van der Waals surface area contributed by atoms with E-state index < -0.39 is 17.8 Å². The highest BCUT2D eigenvalue weighted by Gasteiger charge is 2.36. The van der Waals surface area contributed by atoms with Crippen LogP contribution in [-0.2, 0) is 16.2 Å². The Balaban J connectivity index is 1.57. The van der Waals surface area contributed by atoms with E-state index in [0.717, 1.165) is 24.1 Å². The van der Waals surface area contributed by atoms with Gasteiger partial charge in [-0.1, -0.05) is 51.8 Å². The predicted molar refractivity (Wildman–Crippen MR) is 143 cm³/mol. The fourth-order valence-corrected chi connectivity index (χ4v) is 4.46. The number of amides is 4. The summed E-state index contributed by atoms with van der Waals surface area (Å²) in [6.07, 6.45) is 1.48. The van der Waals surface area contributed by atoms with Crippen molar-refractivity contribution in [3.8, 4) is 5.75 Å². The number of barbiturate groups is 1. The van der Waals surface area contributed by atoms with Crippen molar-refractivity contribution >= 4 is 68.1 Å². The van der Waals surface area contributed by atoms with Gasteiger partial charge in [-0.2, -0.15) is 0 Å². The van der Waals surface area contributed by atoms with Crippen LogP contribution in [0.15, 0.2) is 70.7 Å². The molecule has 1 heterocycles. The molecule has 0 saturated carbocycles. The molecule has 0 aromatic heterocycles. The van der Waals surface area contributed by atoms with Crippen molar-refractivity contribution in [1.82, 2.24) is 5.32 Å². The minimum Gasteiger partial charge on any atom is -0.488 e. The van der Waals surface area contributed by atoms with E-state index >= 15 is 0 Å². The number of hydrogen-bond donors (Lipinski definition) is 1. The van der Waals surface area contributed by atoms with Gasteiger partial charge >= 0.3 is 6.03 Å². The van der Waals surface area contributed by atoms with Crippen LogP contribution in [0.1, 0.15) is 22.3 Å². The molecule has 172 valence electrons. The van der Waals surface area contributed by atoms with Gasteiger partial charge in [-0.15, -0.1) is 0 Å². The molecule has 34 heavy (non-hydrogen) atoms. The van der Waals surface area contributed by atoms with Crippen LogP contribution in [0.3, 0.4) is 0 Å². The molecule has 4 amide bonds. The molecule has 0 radical (unpaired) electrons. The van der Waals surface area contributed by atoms with Gasteiger partial charge in [0.25, 0.3) is 11.8 Å². The number of carbonyl (C=O) groups excluding carboxylic acids is 3. The first kappa shape index (κ1) is 24.2. The highest BCUT2D eigenvalue weighted by atomic mass is 127. The Bertz CT molecular complexity index is 1350. The maximum Gasteiger partial charge on any atom is 0.335 e. The largest absolute Gasteiger partial charge is 0.488 e. The second kappa shape index (κ2) is 10.1. The summed E-state index contributed by atoms with van der Waals surface area (Å²) in [4.78, 5) is 39.0. The number of nitrogens with one attached hydrogen (secondary N) is 1. The van der Waals surface area contributed by atoms with Crippen molar-refractivity contribution in [2.45, 2.75) is 20.5 Å². The number of benzene rings is 3. The third-order valence-electron chi connectivity index (χ3n) is 5.25. The van der Waals surface area contributed by atoms with Gasteiger partial charge in [0.2, 0.25) is 0 Å². The lowest BCUT2D eigenvalue weighted by Gasteiger charge is -2.26. The van der Waals surface area contributed by atoms with Gasteiger partial charge in [0.15, 0.2) is 0 Å². The number of nitrogens with zero attached hydrogens (tertiary/aromatic N) is 1. The summed E-state index contributed by atoms with van der Waals surface area (Å²) >= 11 is 5.56. The minimum absolute atomic E-state index is 0.121. The lowest BCUT2D eigenvalue weighted by atomic mass is 10.1.